The van der Waals surface area contributed by atoms with E-state index < -0.39 is 33.3 Å². The first-order valence-corrected chi connectivity index (χ1v) is 14.7. The molecular formula is C27H19Cl4N3O4S2. The van der Waals surface area contributed by atoms with Crippen LogP contribution in [0.3, 0.4) is 0 Å². The van der Waals surface area contributed by atoms with Crippen LogP contribution in [0.1, 0.15) is 32.5 Å². The molecule has 0 fully saturated rings. The number of carbonyl (C=O) groups excluding carboxylic acids is 2. The number of thioether (sulfide) groups is 1. The Morgan fingerprint density at radius 3 is 2.08 bits per heavy atom. The van der Waals surface area contributed by atoms with E-state index in [9.17, 15) is 19.5 Å². The standard InChI is InChI=1S/C27H19Cl4N3O4S2/c1-12-23(14-6-4-3-5-7-14)33-27(40-12)34-24(35)13(2)39-16-10-8-15(9-11-16)32-25(36)17-18(26(37)38)20(29)22(31)21(30)19(17)28/h3-11,13H,1-2H3,(H,32,36)(H,37,38)(H,33,34,35). The second-order valence-corrected chi connectivity index (χ2v) is 12.5. The molecule has 0 aliphatic carbocycles. The maximum Gasteiger partial charge on any atom is 0.338 e. The molecule has 0 saturated heterocycles. The van der Waals surface area contributed by atoms with Gasteiger partial charge in [0.15, 0.2) is 5.13 Å². The Morgan fingerprint density at radius 1 is 0.875 bits per heavy atom. The third-order valence-electron chi connectivity index (χ3n) is 5.58. The van der Waals surface area contributed by atoms with Crippen molar-refractivity contribution in [1.82, 2.24) is 4.98 Å². The highest BCUT2D eigenvalue weighted by molar-refractivity contribution is 8.00. The average molecular weight is 655 g/mol. The molecule has 0 radical (unpaired) electrons. The molecule has 0 aliphatic rings. The van der Waals surface area contributed by atoms with Gasteiger partial charge in [0.05, 0.1) is 42.2 Å². The number of aromatic nitrogens is 1. The van der Waals surface area contributed by atoms with Crippen LogP contribution in [-0.2, 0) is 4.79 Å². The summed E-state index contributed by atoms with van der Waals surface area (Å²) in [4.78, 5) is 43.9. The molecule has 3 aromatic carbocycles. The number of thiazole rings is 1. The van der Waals surface area contributed by atoms with Gasteiger partial charge in [-0.2, -0.15) is 0 Å². The van der Waals surface area contributed by atoms with Crippen LogP contribution in [0.15, 0.2) is 59.5 Å². The van der Waals surface area contributed by atoms with Gasteiger partial charge in [-0.25, -0.2) is 9.78 Å². The van der Waals surface area contributed by atoms with Gasteiger partial charge < -0.3 is 15.7 Å². The third-order valence-corrected chi connectivity index (χ3v) is 9.38. The zero-order valence-electron chi connectivity index (χ0n) is 20.7. The van der Waals surface area contributed by atoms with Crippen molar-refractivity contribution in [3.05, 3.63) is 90.7 Å². The van der Waals surface area contributed by atoms with E-state index in [-0.39, 0.29) is 21.0 Å². The van der Waals surface area contributed by atoms with Crippen molar-refractivity contribution in [3.63, 3.8) is 0 Å². The van der Waals surface area contributed by atoms with E-state index >= 15 is 0 Å². The van der Waals surface area contributed by atoms with Crippen molar-refractivity contribution in [1.29, 1.82) is 0 Å². The van der Waals surface area contributed by atoms with Crippen molar-refractivity contribution in [3.8, 4) is 11.3 Å². The quantitative estimate of drug-likeness (QED) is 0.0995. The van der Waals surface area contributed by atoms with E-state index in [0.717, 1.165) is 21.0 Å². The predicted molar refractivity (Wildman–Crippen MR) is 164 cm³/mol. The molecule has 1 unspecified atom stereocenters. The second kappa shape index (κ2) is 12.8. The molecule has 3 N–H and O–H groups in total. The molecule has 4 aromatic rings. The van der Waals surface area contributed by atoms with E-state index in [0.29, 0.717) is 10.8 Å². The third kappa shape index (κ3) is 6.57. The Labute approximate surface area is 257 Å². The van der Waals surface area contributed by atoms with Gasteiger partial charge in [-0.1, -0.05) is 76.7 Å². The van der Waals surface area contributed by atoms with Crippen LogP contribution in [0.5, 0.6) is 0 Å². The normalized spacial score (nSPS) is 11.7. The number of carboxylic acids is 1. The van der Waals surface area contributed by atoms with E-state index in [1.54, 1.807) is 31.2 Å². The Hall–Kier alpha value is -2.79. The molecule has 0 spiro atoms. The lowest BCUT2D eigenvalue weighted by Gasteiger charge is -2.14. The first-order valence-electron chi connectivity index (χ1n) is 11.5. The van der Waals surface area contributed by atoms with Crippen molar-refractivity contribution < 1.29 is 19.5 Å². The molecule has 1 heterocycles. The van der Waals surface area contributed by atoms with Gasteiger partial charge in [-0.3, -0.25) is 9.59 Å². The predicted octanol–water partition coefficient (Wildman–Crippen LogP) is 8.80. The van der Waals surface area contributed by atoms with Gasteiger partial charge in [0, 0.05) is 21.0 Å². The number of carbonyl (C=O) groups is 3. The molecule has 13 heteroatoms. The van der Waals surface area contributed by atoms with Crippen LogP contribution in [0.4, 0.5) is 10.8 Å². The SMILES string of the molecule is Cc1sc(NC(=O)C(C)Sc2ccc(NC(=O)c3c(Cl)c(Cl)c(Cl)c(Cl)c3C(=O)O)cc2)nc1-c1ccccc1. The molecule has 0 saturated carbocycles. The van der Waals surface area contributed by atoms with Crippen LogP contribution < -0.4 is 10.6 Å². The highest BCUT2D eigenvalue weighted by Crippen LogP contribution is 2.42. The zero-order valence-corrected chi connectivity index (χ0v) is 25.4. The Kier molecular flexibility index (Phi) is 9.66. The van der Waals surface area contributed by atoms with Crippen LogP contribution in [0.2, 0.25) is 20.1 Å². The number of nitrogens with one attached hydrogen (secondary N) is 2. The van der Waals surface area contributed by atoms with E-state index in [4.69, 9.17) is 46.4 Å². The van der Waals surface area contributed by atoms with E-state index in [1.165, 1.54) is 23.1 Å². The summed E-state index contributed by atoms with van der Waals surface area (Å²) in [6, 6.07) is 16.4. The van der Waals surface area contributed by atoms with Crippen molar-refractivity contribution in [2.45, 2.75) is 24.0 Å². The fraction of sp³-hybridized carbons (Fsp3) is 0.111. The lowest BCUT2D eigenvalue weighted by molar-refractivity contribution is -0.115. The molecule has 40 heavy (non-hydrogen) atoms. The lowest BCUT2D eigenvalue weighted by atomic mass is 10.1. The van der Waals surface area contributed by atoms with Crippen LogP contribution in [0, 0.1) is 6.92 Å². The molecule has 1 aromatic heterocycles. The number of benzene rings is 3. The molecular weight excluding hydrogens is 636 g/mol. The fourth-order valence-corrected chi connectivity index (χ4v) is 6.36. The van der Waals surface area contributed by atoms with Gasteiger partial charge in [0.25, 0.3) is 5.91 Å². The van der Waals surface area contributed by atoms with Crippen molar-refractivity contribution >= 4 is 98.1 Å². The minimum atomic E-state index is -1.49. The monoisotopic (exact) mass is 653 g/mol. The second-order valence-electron chi connectivity index (χ2n) is 8.33. The van der Waals surface area contributed by atoms with E-state index in [2.05, 4.69) is 15.6 Å². The van der Waals surface area contributed by atoms with Crippen molar-refractivity contribution in [2.24, 2.45) is 0 Å². The number of amides is 2. The summed E-state index contributed by atoms with van der Waals surface area (Å²) in [6.07, 6.45) is 0. The van der Waals surface area contributed by atoms with Crippen LogP contribution in [0.25, 0.3) is 11.3 Å². The molecule has 4 rings (SSSR count). The molecule has 1 atom stereocenters. The number of halogens is 4. The summed E-state index contributed by atoms with van der Waals surface area (Å²) >= 11 is 26.9. The number of anilines is 2. The number of aromatic carboxylic acids is 1. The Balaban J connectivity index is 1.42. The number of carboxylic acid groups (broad SMARTS) is 1. The number of rotatable bonds is 8. The van der Waals surface area contributed by atoms with Gasteiger partial charge >= 0.3 is 5.97 Å². The average Bonchev–Trinajstić information content (AvgIpc) is 3.30. The summed E-state index contributed by atoms with van der Waals surface area (Å²) < 4.78 is 0. The van der Waals surface area contributed by atoms with Crippen LogP contribution >= 0.6 is 69.5 Å². The minimum Gasteiger partial charge on any atom is -0.478 e. The summed E-state index contributed by atoms with van der Waals surface area (Å²) in [5.74, 6) is -2.52. The molecule has 7 nitrogen and oxygen atoms in total. The fourth-order valence-electron chi connectivity index (χ4n) is 3.63. The zero-order chi connectivity index (χ0) is 29.1. The number of hydrogen-bond acceptors (Lipinski definition) is 6. The molecule has 2 amide bonds. The highest BCUT2D eigenvalue weighted by atomic mass is 35.5. The molecule has 206 valence electrons. The maximum absolute atomic E-state index is 12.9. The minimum absolute atomic E-state index is 0.205. The lowest BCUT2D eigenvalue weighted by Crippen LogP contribution is -2.22. The first-order chi connectivity index (χ1) is 19.0. The van der Waals surface area contributed by atoms with E-state index in [1.807, 2.05) is 37.3 Å². The smallest absolute Gasteiger partial charge is 0.338 e. The highest BCUT2D eigenvalue weighted by Gasteiger charge is 2.29. The summed E-state index contributed by atoms with van der Waals surface area (Å²) in [6.45, 7) is 3.73. The van der Waals surface area contributed by atoms with Crippen LogP contribution in [-0.4, -0.2) is 33.1 Å². The largest absolute Gasteiger partial charge is 0.478 e. The number of aryl methyl sites for hydroxylation is 1. The van der Waals surface area contributed by atoms with Gasteiger partial charge in [-0.05, 0) is 38.1 Å². The first kappa shape index (κ1) is 30.2. The topological polar surface area (TPSA) is 108 Å². The number of nitrogens with zero attached hydrogens (tertiary/aromatic N) is 1. The Morgan fingerprint density at radius 2 is 1.48 bits per heavy atom. The Bertz CT molecular complexity index is 1610. The summed E-state index contributed by atoms with van der Waals surface area (Å²) in [7, 11) is 0. The van der Waals surface area contributed by atoms with Crippen molar-refractivity contribution in [2.75, 3.05) is 10.6 Å². The van der Waals surface area contributed by atoms with Gasteiger partial charge in [0.1, 0.15) is 0 Å². The molecule has 0 bridgehead atoms. The summed E-state index contributed by atoms with van der Waals surface area (Å²) in [5.41, 5.74) is 1.20. The van der Waals surface area contributed by atoms with Gasteiger partial charge in [-0.15, -0.1) is 23.1 Å². The molecule has 0 aliphatic heterocycles. The number of hydrogen-bond donors (Lipinski definition) is 3. The summed E-state index contributed by atoms with van der Waals surface area (Å²) in [5, 5.41) is 13.9. The van der Waals surface area contributed by atoms with Gasteiger partial charge in [0.2, 0.25) is 5.91 Å². The maximum atomic E-state index is 12.9.